The highest BCUT2D eigenvalue weighted by Gasteiger charge is 2.15. The Morgan fingerprint density at radius 3 is 2.70 bits per heavy atom. The number of aliphatic hydroxyl groups is 1. The van der Waals surface area contributed by atoms with Crippen molar-refractivity contribution in [3.05, 3.63) is 41.5 Å². The third kappa shape index (κ3) is 1.80. The summed E-state index contributed by atoms with van der Waals surface area (Å²) in [7, 11) is 1.30. The van der Waals surface area contributed by atoms with Crippen LogP contribution in [0, 0.1) is 0 Å². The first kappa shape index (κ1) is 12.5. The monoisotopic (exact) mass is 271 g/mol. The van der Waals surface area contributed by atoms with Crippen LogP contribution in [-0.2, 0) is 11.3 Å². The predicted molar refractivity (Wildman–Crippen MR) is 75.4 cm³/mol. The van der Waals surface area contributed by atoms with Gasteiger partial charge in [0.05, 0.1) is 19.3 Å². The van der Waals surface area contributed by atoms with Crippen molar-refractivity contribution < 1.29 is 19.1 Å². The standard InChI is InChI=1S/C15H13NO4/c1-19-15(18)11-6-14-10(5-12(11)16)9-3-2-8(7-17)4-13(9)20-14/h2-6,17H,7,16H2,1H3. The summed E-state index contributed by atoms with van der Waals surface area (Å²) in [5.41, 5.74) is 8.48. The first-order valence-corrected chi connectivity index (χ1v) is 6.08. The zero-order valence-corrected chi connectivity index (χ0v) is 10.8. The number of nitrogen functional groups attached to an aromatic ring is 1. The Labute approximate surface area is 114 Å². The number of methoxy groups -OCH3 is 1. The second-order valence-electron chi connectivity index (χ2n) is 4.52. The second-order valence-corrected chi connectivity index (χ2v) is 4.52. The topological polar surface area (TPSA) is 85.7 Å². The number of furan rings is 1. The number of hydrogen-bond acceptors (Lipinski definition) is 5. The molecule has 1 aromatic heterocycles. The zero-order chi connectivity index (χ0) is 14.3. The van der Waals surface area contributed by atoms with Gasteiger partial charge in [0, 0.05) is 16.5 Å². The zero-order valence-electron chi connectivity index (χ0n) is 10.8. The highest BCUT2D eigenvalue weighted by molar-refractivity contribution is 6.09. The van der Waals surface area contributed by atoms with E-state index in [1.54, 1.807) is 18.2 Å². The first-order valence-electron chi connectivity index (χ1n) is 6.08. The van der Waals surface area contributed by atoms with E-state index in [0.29, 0.717) is 16.9 Å². The van der Waals surface area contributed by atoms with Crippen molar-refractivity contribution >= 4 is 33.6 Å². The first-order chi connectivity index (χ1) is 9.63. The largest absolute Gasteiger partial charge is 0.465 e. The summed E-state index contributed by atoms with van der Waals surface area (Å²) < 4.78 is 10.4. The molecule has 3 N–H and O–H groups in total. The Morgan fingerprint density at radius 1 is 1.25 bits per heavy atom. The molecule has 0 unspecified atom stereocenters. The minimum absolute atomic E-state index is 0.0530. The van der Waals surface area contributed by atoms with Gasteiger partial charge in [-0.3, -0.25) is 0 Å². The molecule has 3 aromatic rings. The maximum absolute atomic E-state index is 11.6. The maximum Gasteiger partial charge on any atom is 0.340 e. The van der Waals surface area contributed by atoms with Crippen molar-refractivity contribution in [2.75, 3.05) is 12.8 Å². The minimum Gasteiger partial charge on any atom is -0.465 e. The maximum atomic E-state index is 11.6. The van der Waals surface area contributed by atoms with Crippen molar-refractivity contribution in [2.45, 2.75) is 6.61 Å². The highest BCUT2D eigenvalue weighted by Crippen LogP contribution is 2.32. The van der Waals surface area contributed by atoms with Crippen molar-refractivity contribution in [2.24, 2.45) is 0 Å². The smallest absolute Gasteiger partial charge is 0.340 e. The van der Waals surface area contributed by atoms with Crippen LogP contribution in [0.1, 0.15) is 15.9 Å². The van der Waals surface area contributed by atoms with Gasteiger partial charge in [0.2, 0.25) is 0 Å². The van der Waals surface area contributed by atoms with Gasteiger partial charge in [0.15, 0.2) is 0 Å². The molecule has 0 aliphatic heterocycles. The molecular weight excluding hydrogens is 258 g/mol. The Bertz CT molecular complexity index is 819. The van der Waals surface area contributed by atoms with Crippen molar-refractivity contribution in [1.29, 1.82) is 0 Å². The van der Waals surface area contributed by atoms with Crippen LogP contribution in [0.3, 0.4) is 0 Å². The molecule has 2 aromatic carbocycles. The molecular formula is C15H13NO4. The number of carbonyl (C=O) groups excluding carboxylic acids is 1. The van der Waals surface area contributed by atoms with E-state index >= 15 is 0 Å². The fourth-order valence-corrected chi connectivity index (χ4v) is 2.27. The summed E-state index contributed by atoms with van der Waals surface area (Å²) in [6, 6.07) is 8.73. The lowest BCUT2D eigenvalue weighted by Crippen LogP contribution is -2.05. The SMILES string of the molecule is COC(=O)c1cc2oc3cc(CO)ccc3c2cc1N. The molecule has 102 valence electrons. The van der Waals surface area contributed by atoms with E-state index in [9.17, 15) is 4.79 Å². The summed E-state index contributed by atoms with van der Waals surface area (Å²) in [5, 5.41) is 10.9. The normalized spacial score (nSPS) is 11.1. The molecule has 20 heavy (non-hydrogen) atoms. The lowest BCUT2D eigenvalue weighted by Gasteiger charge is -2.03. The molecule has 0 aliphatic carbocycles. The van der Waals surface area contributed by atoms with Gasteiger partial charge in [-0.05, 0) is 23.8 Å². The summed E-state index contributed by atoms with van der Waals surface area (Å²) in [5.74, 6) is -0.499. The Kier molecular flexibility index (Phi) is 2.84. The van der Waals surface area contributed by atoms with Gasteiger partial charge >= 0.3 is 5.97 Å². The fraction of sp³-hybridized carbons (Fsp3) is 0.133. The van der Waals surface area contributed by atoms with E-state index in [2.05, 4.69) is 4.74 Å². The molecule has 0 bridgehead atoms. The summed E-state index contributed by atoms with van der Waals surface area (Å²) >= 11 is 0. The molecule has 0 aliphatic rings. The number of rotatable bonds is 2. The van der Waals surface area contributed by atoms with Gasteiger partial charge in [-0.15, -0.1) is 0 Å². The molecule has 0 radical (unpaired) electrons. The molecule has 5 heteroatoms. The van der Waals surface area contributed by atoms with Crippen LogP contribution in [0.25, 0.3) is 21.9 Å². The van der Waals surface area contributed by atoms with Crippen LogP contribution < -0.4 is 5.73 Å². The second kappa shape index (κ2) is 4.54. The molecule has 0 saturated heterocycles. The van der Waals surface area contributed by atoms with Crippen molar-refractivity contribution in [3.63, 3.8) is 0 Å². The average molecular weight is 271 g/mol. The molecule has 0 amide bonds. The number of ether oxygens (including phenoxy) is 1. The molecule has 5 nitrogen and oxygen atoms in total. The Balaban J connectivity index is 2.30. The molecule has 1 heterocycles. The summed E-state index contributed by atoms with van der Waals surface area (Å²) in [6.07, 6.45) is 0. The van der Waals surface area contributed by atoms with Crippen LogP contribution in [0.5, 0.6) is 0 Å². The number of aliphatic hydroxyl groups excluding tert-OH is 1. The molecule has 3 rings (SSSR count). The van der Waals surface area contributed by atoms with Crippen molar-refractivity contribution in [3.8, 4) is 0 Å². The average Bonchev–Trinajstić information content (AvgIpc) is 2.82. The van der Waals surface area contributed by atoms with Gasteiger partial charge in [0.25, 0.3) is 0 Å². The van der Waals surface area contributed by atoms with Crippen LogP contribution in [-0.4, -0.2) is 18.2 Å². The lowest BCUT2D eigenvalue weighted by atomic mass is 10.1. The number of fused-ring (bicyclic) bond motifs is 3. The Hall–Kier alpha value is -2.53. The number of nitrogens with two attached hydrogens (primary N) is 1. The third-order valence-electron chi connectivity index (χ3n) is 3.30. The van der Waals surface area contributed by atoms with Crippen LogP contribution >= 0.6 is 0 Å². The number of anilines is 1. The van der Waals surface area contributed by atoms with E-state index in [1.165, 1.54) is 7.11 Å². The lowest BCUT2D eigenvalue weighted by molar-refractivity contribution is 0.0602. The molecule has 0 saturated carbocycles. The van der Waals surface area contributed by atoms with Crippen LogP contribution in [0.15, 0.2) is 34.7 Å². The molecule has 0 atom stereocenters. The van der Waals surface area contributed by atoms with Crippen LogP contribution in [0.2, 0.25) is 0 Å². The fourth-order valence-electron chi connectivity index (χ4n) is 2.27. The van der Waals surface area contributed by atoms with Gasteiger partial charge < -0.3 is 20.0 Å². The Morgan fingerprint density at radius 2 is 2.00 bits per heavy atom. The van der Waals surface area contributed by atoms with Gasteiger partial charge in [-0.1, -0.05) is 12.1 Å². The summed E-state index contributed by atoms with van der Waals surface area (Å²) in [6.45, 7) is -0.0530. The quantitative estimate of drug-likeness (QED) is 0.552. The predicted octanol–water partition coefficient (Wildman–Crippen LogP) is 2.45. The number of esters is 1. The minimum atomic E-state index is -0.499. The van der Waals surface area contributed by atoms with Crippen LogP contribution in [0.4, 0.5) is 5.69 Å². The number of benzene rings is 2. The number of carbonyl (C=O) groups is 1. The van der Waals surface area contributed by atoms with E-state index < -0.39 is 5.97 Å². The molecule has 0 spiro atoms. The van der Waals surface area contributed by atoms with Gasteiger partial charge in [0.1, 0.15) is 11.2 Å². The van der Waals surface area contributed by atoms with E-state index in [-0.39, 0.29) is 12.2 Å². The summed E-state index contributed by atoms with van der Waals surface area (Å²) in [4.78, 5) is 11.6. The van der Waals surface area contributed by atoms with Gasteiger partial charge in [-0.25, -0.2) is 4.79 Å². The number of hydrogen-bond donors (Lipinski definition) is 2. The van der Waals surface area contributed by atoms with E-state index in [1.807, 2.05) is 12.1 Å². The van der Waals surface area contributed by atoms with E-state index in [0.717, 1.165) is 16.3 Å². The van der Waals surface area contributed by atoms with Crippen molar-refractivity contribution in [1.82, 2.24) is 0 Å². The van der Waals surface area contributed by atoms with E-state index in [4.69, 9.17) is 15.3 Å². The van der Waals surface area contributed by atoms with Gasteiger partial charge in [-0.2, -0.15) is 0 Å². The third-order valence-corrected chi connectivity index (χ3v) is 3.30. The highest BCUT2D eigenvalue weighted by atomic mass is 16.5. The molecule has 0 fully saturated rings.